The summed E-state index contributed by atoms with van der Waals surface area (Å²) < 4.78 is 10.0. The predicted octanol–water partition coefficient (Wildman–Crippen LogP) is 2.30. The summed E-state index contributed by atoms with van der Waals surface area (Å²) in [5.74, 6) is 2.93. The molecule has 0 heterocycles. The average molecular weight is 242 g/mol. The summed E-state index contributed by atoms with van der Waals surface area (Å²) in [5.41, 5.74) is 0.741. The van der Waals surface area contributed by atoms with Gasteiger partial charge in [0.15, 0.2) is 0 Å². The van der Waals surface area contributed by atoms with E-state index in [9.17, 15) is 4.89 Å². The van der Waals surface area contributed by atoms with E-state index in [1.165, 1.54) is 0 Å². The maximum absolute atomic E-state index is 9.54. The fourth-order valence-corrected chi connectivity index (χ4v) is 2.28. The van der Waals surface area contributed by atoms with Gasteiger partial charge in [0.25, 0.3) is 0 Å². The van der Waals surface area contributed by atoms with E-state index in [0.717, 1.165) is 5.56 Å². The van der Waals surface area contributed by atoms with Crippen molar-refractivity contribution >= 4 is 18.5 Å². The van der Waals surface area contributed by atoms with Crippen LogP contribution in [0.2, 0.25) is 0 Å². The Hall–Kier alpha value is -0.850. The van der Waals surface area contributed by atoms with Gasteiger partial charge in [-0.1, -0.05) is 5.92 Å². The molecule has 0 aromatic heterocycles. The van der Waals surface area contributed by atoms with Crippen LogP contribution in [0.3, 0.4) is 0 Å². The van der Waals surface area contributed by atoms with Crippen molar-refractivity contribution in [1.29, 1.82) is 0 Å². The quantitative estimate of drug-likeness (QED) is 0.649. The molecule has 1 unspecified atom stereocenters. The van der Waals surface area contributed by atoms with Crippen LogP contribution in [0.1, 0.15) is 12.5 Å². The van der Waals surface area contributed by atoms with Crippen LogP contribution in [-0.4, -0.2) is 11.5 Å². The second-order valence-corrected chi connectivity index (χ2v) is 5.41. The minimum atomic E-state index is -3.16. The molecule has 5 heteroatoms. The molecule has 0 saturated carbocycles. The molecule has 0 bridgehead atoms. The van der Waals surface area contributed by atoms with E-state index in [-0.39, 0.29) is 0 Å². The first kappa shape index (κ1) is 12.2. The lowest BCUT2D eigenvalue weighted by Gasteiger charge is -2.15. The molecular formula is C10H11O3PS. The molecule has 1 aromatic carbocycles. The van der Waals surface area contributed by atoms with Crippen molar-refractivity contribution in [3.8, 4) is 18.1 Å². The van der Waals surface area contributed by atoms with Crippen molar-refractivity contribution in [2.24, 2.45) is 0 Å². The molecule has 0 fully saturated rings. The van der Waals surface area contributed by atoms with Crippen LogP contribution in [0.25, 0.3) is 0 Å². The lowest BCUT2D eigenvalue weighted by molar-refractivity contribution is 0.271. The van der Waals surface area contributed by atoms with Crippen molar-refractivity contribution < 1.29 is 13.9 Å². The van der Waals surface area contributed by atoms with E-state index < -0.39 is 6.72 Å². The summed E-state index contributed by atoms with van der Waals surface area (Å²) in [7, 11) is 0. The first-order valence-electron chi connectivity index (χ1n) is 4.31. The largest absolute Gasteiger partial charge is 0.424 e. The van der Waals surface area contributed by atoms with Crippen LogP contribution in [0, 0.1) is 12.3 Å². The van der Waals surface area contributed by atoms with Gasteiger partial charge in [-0.15, -0.1) is 6.42 Å². The van der Waals surface area contributed by atoms with Gasteiger partial charge in [-0.2, -0.15) is 0 Å². The van der Waals surface area contributed by atoms with E-state index in [0.29, 0.717) is 12.4 Å². The molecule has 80 valence electrons. The molecule has 0 radical (unpaired) electrons. The Bertz CT molecular complexity index is 408. The highest BCUT2D eigenvalue weighted by atomic mass is 32.5. The van der Waals surface area contributed by atoms with E-state index in [2.05, 4.69) is 5.92 Å². The molecular weight excluding hydrogens is 231 g/mol. The highest BCUT2D eigenvalue weighted by Gasteiger charge is 2.15. The summed E-state index contributed by atoms with van der Waals surface area (Å²) in [4.78, 5) is 9.54. The highest BCUT2D eigenvalue weighted by Crippen LogP contribution is 2.43. The molecule has 0 aliphatic rings. The first-order chi connectivity index (χ1) is 7.07. The Morgan fingerprint density at radius 1 is 1.47 bits per heavy atom. The van der Waals surface area contributed by atoms with E-state index in [1.54, 1.807) is 31.2 Å². The van der Waals surface area contributed by atoms with Crippen LogP contribution >= 0.6 is 6.72 Å². The van der Waals surface area contributed by atoms with Gasteiger partial charge in [0.1, 0.15) is 5.75 Å². The van der Waals surface area contributed by atoms with Gasteiger partial charge in [-0.25, -0.2) is 0 Å². The molecule has 3 nitrogen and oxygen atoms in total. The highest BCUT2D eigenvalue weighted by molar-refractivity contribution is 8.07. The Labute approximate surface area is 94.3 Å². The molecule has 0 saturated heterocycles. The second kappa shape index (κ2) is 5.29. The Morgan fingerprint density at radius 3 is 2.53 bits per heavy atom. The van der Waals surface area contributed by atoms with Gasteiger partial charge in [0.05, 0.1) is 6.61 Å². The first-order valence-corrected chi connectivity index (χ1v) is 6.90. The maximum Gasteiger partial charge on any atom is 0.377 e. The third-order valence-corrected chi connectivity index (χ3v) is 3.10. The lowest BCUT2D eigenvalue weighted by atomic mass is 10.2. The predicted molar refractivity (Wildman–Crippen MR) is 63.1 cm³/mol. The molecule has 1 aromatic rings. The van der Waals surface area contributed by atoms with E-state index in [4.69, 9.17) is 27.3 Å². The number of rotatable bonds is 4. The lowest BCUT2D eigenvalue weighted by Crippen LogP contribution is -1.96. The summed E-state index contributed by atoms with van der Waals surface area (Å²) >= 11 is 4.77. The average Bonchev–Trinajstić information content (AvgIpc) is 2.18. The van der Waals surface area contributed by atoms with E-state index in [1.807, 2.05) is 0 Å². The van der Waals surface area contributed by atoms with Crippen LogP contribution in [-0.2, 0) is 16.3 Å². The van der Waals surface area contributed by atoms with Crippen LogP contribution in [0.4, 0.5) is 0 Å². The molecule has 1 N–H and O–H groups in total. The van der Waals surface area contributed by atoms with Crippen molar-refractivity contribution in [2.45, 2.75) is 6.92 Å². The van der Waals surface area contributed by atoms with Gasteiger partial charge in [-0.05, 0) is 31.2 Å². The number of hydrogen-bond donors (Lipinski definition) is 1. The second-order valence-electron chi connectivity index (χ2n) is 2.65. The summed E-state index contributed by atoms with van der Waals surface area (Å²) in [6.07, 6.45) is 5.20. The Morgan fingerprint density at radius 2 is 2.07 bits per heavy atom. The van der Waals surface area contributed by atoms with Crippen molar-refractivity contribution in [1.82, 2.24) is 0 Å². The number of benzene rings is 1. The zero-order valence-electron chi connectivity index (χ0n) is 8.21. The smallest absolute Gasteiger partial charge is 0.377 e. The Kier molecular flexibility index (Phi) is 4.31. The van der Waals surface area contributed by atoms with Crippen molar-refractivity contribution in [3.05, 3.63) is 29.8 Å². The molecule has 0 aliphatic carbocycles. The molecule has 1 rings (SSSR count). The fraction of sp³-hybridized carbons (Fsp3) is 0.200. The van der Waals surface area contributed by atoms with Crippen molar-refractivity contribution in [2.75, 3.05) is 6.61 Å². The maximum atomic E-state index is 9.54. The molecule has 0 spiro atoms. The monoisotopic (exact) mass is 242 g/mol. The third kappa shape index (κ3) is 4.03. The zero-order chi connectivity index (χ0) is 11.3. The molecule has 0 aliphatic heterocycles. The Balaban J connectivity index is 2.74. The van der Waals surface area contributed by atoms with Crippen molar-refractivity contribution in [3.63, 3.8) is 0 Å². The number of terminal acetylenes is 1. The normalized spacial score (nSPS) is 13.9. The standard InChI is InChI=1S/C10H11O3PS/c1-3-9-5-7-10(8-6-9)13-14(11,15)12-4-2/h1,5-8H,4H2,2H3,(H,11,15). The summed E-state index contributed by atoms with van der Waals surface area (Å²) in [5, 5.41) is 0. The SMILES string of the molecule is C#Cc1ccc(OP(O)(=S)OCC)cc1. The summed E-state index contributed by atoms with van der Waals surface area (Å²) in [6, 6.07) is 6.70. The van der Waals surface area contributed by atoms with E-state index >= 15 is 0 Å². The van der Waals surface area contributed by atoms with Gasteiger partial charge in [0.2, 0.25) is 0 Å². The molecule has 1 atom stereocenters. The van der Waals surface area contributed by atoms with Crippen LogP contribution in [0.5, 0.6) is 5.75 Å². The summed E-state index contributed by atoms with van der Waals surface area (Å²) in [6.45, 7) is -1.10. The fourth-order valence-electron chi connectivity index (χ4n) is 0.935. The van der Waals surface area contributed by atoms with Gasteiger partial charge < -0.3 is 9.42 Å². The van der Waals surface area contributed by atoms with Gasteiger partial charge >= 0.3 is 6.72 Å². The minimum Gasteiger partial charge on any atom is -0.424 e. The minimum absolute atomic E-state index is 0.316. The van der Waals surface area contributed by atoms with Crippen LogP contribution < -0.4 is 4.52 Å². The zero-order valence-corrected chi connectivity index (χ0v) is 9.92. The van der Waals surface area contributed by atoms with Gasteiger partial charge in [0, 0.05) is 17.4 Å². The van der Waals surface area contributed by atoms with Crippen LogP contribution in [0.15, 0.2) is 24.3 Å². The molecule has 15 heavy (non-hydrogen) atoms. The third-order valence-electron chi connectivity index (χ3n) is 1.53. The molecule has 0 amide bonds. The van der Waals surface area contributed by atoms with Gasteiger partial charge in [-0.3, -0.25) is 4.52 Å². The topological polar surface area (TPSA) is 38.7 Å². The number of hydrogen-bond acceptors (Lipinski definition) is 3.